The van der Waals surface area contributed by atoms with Crippen molar-refractivity contribution < 1.29 is 19.4 Å². The van der Waals surface area contributed by atoms with Crippen LogP contribution in [0.25, 0.3) is 6.08 Å². The van der Waals surface area contributed by atoms with E-state index in [1.165, 1.54) is 0 Å². The number of hydrogen-bond acceptors (Lipinski definition) is 5. The standard InChI is InChI=1S/C15H13NO4S2/c1-8-4-10-5-9(2-3-11(10)20-8)6-12-14(19)16(7-13(17)18)15(21)22-12/h2-3,5-6,8H,4,7H2,1H3,(H,17,18)/b12-6-. The maximum absolute atomic E-state index is 12.2. The Kier molecular flexibility index (Phi) is 3.92. The van der Waals surface area contributed by atoms with E-state index < -0.39 is 12.5 Å². The van der Waals surface area contributed by atoms with Crippen molar-refractivity contribution in [1.29, 1.82) is 0 Å². The Hall–Kier alpha value is -1.86. The number of thiocarbonyl (C=S) groups is 1. The van der Waals surface area contributed by atoms with Gasteiger partial charge in [-0.1, -0.05) is 30.0 Å². The van der Waals surface area contributed by atoms with Crippen LogP contribution in [0.4, 0.5) is 0 Å². The summed E-state index contributed by atoms with van der Waals surface area (Å²) in [7, 11) is 0. The summed E-state index contributed by atoms with van der Waals surface area (Å²) in [5, 5.41) is 8.82. The highest BCUT2D eigenvalue weighted by Crippen LogP contribution is 2.34. The second-order valence-electron chi connectivity index (χ2n) is 5.16. The summed E-state index contributed by atoms with van der Waals surface area (Å²) in [5.41, 5.74) is 1.99. The highest BCUT2D eigenvalue weighted by molar-refractivity contribution is 8.26. The average molecular weight is 335 g/mol. The van der Waals surface area contributed by atoms with Crippen molar-refractivity contribution in [3.8, 4) is 5.75 Å². The summed E-state index contributed by atoms with van der Waals surface area (Å²) in [6.07, 6.45) is 2.75. The molecule has 1 aromatic rings. The van der Waals surface area contributed by atoms with Gasteiger partial charge in [-0.2, -0.15) is 0 Å². The molecule has 0 radical (unpaired) electrons. The van der Waals surface area contributed by atoms with Crippen LogP contribution in [0.5, 0.6) is 5.75 Å². The second kappa shape index (κ2) is 5.73. The number of benzene rings is 1. The molecule has 1 amide bonds. The van der Waals surface area contributed by atoms with Crippen LogP contribution in [0.2, 0.25) is 0 Å². The Morgan fingerprint density at radius 3 is 3.09 bits per heavy atom. The lowest BCUT2D eigenvalue weighted by Crippen LogP contribution is -2.33. The van der Waals surface area contributed by atoms with Crippen molar-refractivity contribution >= 4 is 46.3 Å². The number of carbonyl (C=O) groups is 2. The molecule has 2 heterocycles. The number of hydrogen-bond donors (Lipinski definition) is 1. The first-order valence-corrected chi connectivity index (χ1v) is 7.93. The number of carboxylic acids is 1. The van der Waals surface area contributed by atoms with Crippen molar-refractivity contribution in [2.24, 2.45) is 0 Å². The molecule has 7 heteroatoms. The monoisotopic (exact) mass is 335 g/mol. The molecule has 0 saturated carbocycles. The van der Waals surface area contributed by atoms with E-state index in [0.29, 0.717) is 4.91 Å². The van der Waals surface area contributed by atoms with E-state index in [2.05, 4.69) is 0 Å². The number of fused-ring (bicyclic) bond motifs is 1. The lowest BCUT2D eigenvalue weighted by Gasteiger charge is -2.10. The SMILES string of the molecule is CC1Cc2cc(/C=C3\SC(=S)N(CC(=O)O)C3=O)ccc2O1. The van der Waals surface area contributed by atoms with E-state index in [4.69, 9.17) is 22.1 Å². The molecule has 1 aromatic carbocycles. The predicted molar refractivity (Wildman–Crippen MR) is 87.8 cm³/mol. The maximum Gasteiger partial charge on any atom is 0.323 e. The molecular weight excluding hydrogens is 322 g/mol. The molecule has 5 nitrogen and oxygen atoms in total. The average Bonchev–Trinajstić information content (AvgIpc) is 2.92. The molecule has 0 bridgehead atoms. The first-order valence-electron chi connectivity index (χ1n) is 6.71. The number of carboxylic acid groups (broad SMARTS) is 1. The van der Waals surface area contributed by atoms with Crippen LogP contribution in [-0.2, 0) is 16.0 Å². The van der Waals surface area contributed by atoms with Gasteiger partial charge in [-0.3, -0.25) is 14.5 Å². The number of amides is 1. The minimum atomic E-state index is -1.08. The lowest BCUT2D eigenvalue weighted by molar-refractivity contribution is -0.140. The summed E-state index contributed by atoms with van der Waals surface area (Å²) >= 11 is 6.19. The number of thioether (sulfide) groups is 1. The number of carbonyl (C=O) groups excluding carboxylic acids is 1. The molecule has 114 valence electrons. The lowest BCUT2D eigenvalue weighted by atomic mass is 10.1. The van der Waals surface area contributed by atoms with Gasteiger partial charge >= 0.3 is 5.97 Å². The largest absolute Gasteiger partial charge is 0.490 e. The highest BCUT2D eigenvalue weighted by atomic mass is 32.2. The normalized spacial score (nSPS) is 22.1. The zero-order chi connectivity index (χ0) is 15.9. The molecule has 1 saturated heterocycles. The quantitative estimate of drug-likeness (QED) is 0.675. The van der Waals surface area contributed by atoms with Gasteiger partial charge in [-0.05, 0) is 36.3 Å². The summed E-state index contributed by atoms with van der Waals surface area (Å²) in [6.45, 7) is 1.61. The van der Waals surface area contributed by atoms with Crippen LogP contribution in [0.3, 0.4) is 0 Å². The Bertz CT molecular complexity index is 713. The van der Waals surface area contributed by atoms with Gasteiger partial charge in [0.1, 0.15) is 22.7 Å². The first kappa shape index (κ1) is 15.1. The van der Waals surface area contributed by atoms with Crippen molar-refractivity contribution in [2.45, 2.75) is 19.4 Å². The van der Waals surface area contributed by atoms with Crippen LogP contribution >= 0.6 is 24.0 Å². The fraction of sp³-hybridized carbons (Fsp3) is 0.267. The van der Waals surface area contributed by atoms with Gasteiger partial charge in [0, 0.05) is 6.42 Å². The van der Waals surface area contributed by atoms with E-state index in [1.54, 1.807) is 6.08 Å². The van der Waals surface area contributed by atoms with Gasteiger partial charge in [0.2, 0.25) is 0 Å². The van der Waals surface area contributed by atoms with Gasteiger partial charge in [0.05, 0.1) is 4.91 Å². The molecule has 0 aliphatic carbocycles. The van der Waals surface area contributed by atoms with Crippen molar-refractivity contribution in [3.05, 3.63) is 34.2 Å². The maximum atomic E-state index is 12.2. The smallest absolute Gasteiger partial charge is 0.323 e. The molecule has 2 aliphatic rings. The minimum Gasteiger partial charge on any atom is -0.490 e. The van der Waals surface area contributed by atoms with Crippen molar-refractivity contribution in [1.82, 2.24) is 4.90 Å². The van der Waals surface area contributed by atoms with Crippen molar-refractivity contribution in [3.63, 3.8) is 0 Å². The fourth-order valence-electron chi connectivity index (χ4n) is 2.45. The molecule has 3 rings (SSSR count). The van der Waals surface area contributed by atoms with Crippen LogP contribution in [0, 0.1) is 0 Å². The molecule has 1 unspecified atom stereocenters. The van der Waals surface area contributed by atoms with E-state index >= 15 is 0 Å². The van der Waals surface area contributed by atoms with Crippen LogP contribution in [0.1, 0.15) is 18.1 Å². The first-order chi connectivity index (χ1) is 10.4. The zero-order valence-electron chi connectivity index (χ0n) is 11.7. The van der Waals surface area contributed by atoms with Gasteiger partial charge in [0.15, 0.2) is 0 Å². The van der Waals surface area contributed by atoms with Gasteiger partial charge in [-0.25, -0.2) is 0 Å². The Labute approximate surface area is 136 Å². The van der Waals surface area contributed by atoms with Gasteiger partial charge in [-0.15, -0.1) is 0 Å². The molecule has 1 fully saturated rings. The fourth-order valence-corrected chi connectivity index (χ4v) is 3.71. The molecule has 1 atom stereocenters. The summed E-state index contributed by atoms with van der Waals surface area (Å²) in [5.74, 6) is -0.563. The second-order valence-corrected chi connectivity index (χ2v) is 6.84. The Balaban J connectivity index is 1.84. The number of ether oxygens (including phenoxy) is 1. The highest BCUT2D eigenvalue weighted by Gasteiger charge is 2.33. The summed E-state index contributed by atoms with van der Waals surface area (Å²) in [4.78, 5) is 24.5. The third-order valence-corrected chi connectivity index (χ3v) is 4.76. The van der Waals surface area contributed by atoms with Crippen LogP contribution in [-0.4, -0.2) is 38.9 Å². The summed E-state index contributed by atoms with van der Waals surface area (Å²) in [6, 6.07) is 5.76. The molecule has 0 spiro atoms. The van der Waals surface area contributed by atoms with Gasteiger partial charge < -0.3 is 9.84 Å². The molecule has 0 aromatic heterocycles. The molecule has 1 N–H and O–H groups in total. The molecular formula is C15H13NO4S2. The van der Waals surface area contributed by atoms with E-state index in [-0.39, 0.29) is 16.3 Å². The van der Waals surface area contributed by atoms with Gasteiger partial charge in [0.25, 0.3) is 5.91 Å². The van der Waals surface area contributed by atoms with E-state index in [9.17, 15) is 9.59 Å². The molecule has 2 aliphatic heterocycles. The zero-order valence-corrected chi connectivity index (χ0v) is 13.4. The third kappa shape index (κ3) is 2.86. The van der Waals surface area contributed by atoms with Crippen LogP contribution < -0.4 is 4.74 Å². The topological polar surface area (TPSA) is 66.8 Å². The minimum absolute atomic E-state index is 0.166. The van der Waals surface area contributed by atoms with Crippen LogP contribution in [0.15, 0.2) is 23.1 Å². The van der Waals surface area contributed by atoms with E-state index in [1.807, 2.05) is 25.1 Å². The van der Waals surface area contributed by atoms with Crippen molar-refractivity contribution in [2.75, 3.05) is 6.54 Å². The summed E-state index contributed by atoms with van der Waals surface area (Å²) < 4.78 is 5.92. The number of nitrogens with zero attached hydrogens (tertiary/aromatic N) is 1. The third-order valence-electron chi connectivity index (χ3n) is 3.38. The van der Waals surface area contributed by atoms with E-state index in [0.717, 1.165) is 40.0 Å². The molecule has 22 heavy (non-hydrogen) atoms. The number of aliphatic carboxylic acids is 1. The number of rotatable bonds is 3. The Morgan fingerprint density at radius 2 is 2.36 bits per heavy atom. The predicted octanol–water partition coefficient (Wildman–Crippen LogP) is 2.30. The Morgan fingerprint density at radius 1 is 1.59 bits per heavy atom.